The number of nitrogens with one attached hydrogen (secondary N) is 2. The SMILES string of the molecule is COc1ccc(C)cc1C[NH+]1CCN(C(=S)NCCc2ccccc2)CC1. The molecule has 0 amide bonds. The number of benzene rings is 2. The van der Waals surface area contributed by atoms with Crippen LogP contribution in [0.1, 0.15) is 16.7 Å². The molecule has 2 N–H and O–H groups in total. The lowest BCUT2D eigenvalue weighted by Crippen LogP contribution is -3.13. The Balaban J connectivity index is 1.43. The van der Waals surface area contributed by atoms with Crippen LogP contribution in [0.3, 0.4) is 0 Å². The van der Waals surface area contributed by atoms with E-state index >= 15 is 0 Å². The fraction of sp³-hybridized carbons (Fsp3) is 0.409. The van der Waals surface area contributed by atoms with Crippen LogP contribution in [0.4, 0.5) is 0 Å². The molecule has 1 fully saturated rings. The smallest absolute Gasteiger partial charge is 0.169 e. The summed E-state index contributed by atoms with van der Waals surface area (Å²) in [7, 11) is 1.75. The summed E-state index contributed by atoms with van der Waals surface area (Å²) in [5.74, 6) is 0.994. The van der Waals surface area contributed by atoms with Gasteiger partial charge in [0, 0.05) is 12.1 Å². The van der Waals surface area contributed by atoms with Crippen molar-refractivity contribution in [1.29, 1.82) is 0 Å². The number of aryl methyl sites for hydroxylation is 1. The Morgan fingerprint density at radius 2 is 1.89 bits per heavy atom. The van der Waals surface area contributed by atoms with E-state index < -0.39 is 0 Å². The van der Waals surface area contributed by atoms with Crippen LogP contribution in [-0.4, -0.2) is 49.8 Å². The third-order valence-corrected chi connectivity index (χ3v) is 5.57. The Labute approximate surface area is 168 Å². The third kappa shape index (κ3) is 5.68. The summed E-state index contributed by atoms with van der Waals surface area (Å²) in [6, 6.07) is 17.0. The quantitative estimate of drug-likeness (QED) is 0.744. The van der Waals surface area contributed by atoms with Gasteiger partial charge in [0.15, 0.2) is 5.11 Å². The summed E-state index contributed by atoms with van der Waals surface area (Å²) in [4.78, 5) is 3.89. The van der Waals surface area contributed by atoms with Crippen molar-refractivity contribution in [3.05, 3.63) is 65.2 Å². The Bertz CT molecular complexity index is 742. The van der Waals surface area contributed by atoms with E-state index in [0.717, 1.165) is 56.6 Å². The normalized spacial score (nSPS) is 14.8. The molecule has 1 saturated heterocycles. The predicted octanol–water partition coefficient (Wildman–Crippen LogP) is 1.82. The maximum absolute atomic E-state index is 5.60. The molecule has 0 unspecified atom stereocenters. The maximum atomic E-state index is 5.60. The monoisotopic (exact) mass is 384 g/mol. The van der Waals surface area contributed by atoms with Gasteiger partial charge >= 0.3 is 0 Å². The molecule has 1 heterocycles. The van der Waals surface area contributed by atoms with Gasteiger partial charge in [-0.05, 0) is 43.3 Å². The highest BCUT2D eigenvalue weighted by Crippen LogP contribution is 2.18. The van der Waals surface area contributed by atoms with Crippen molar-refractivity contribution in [2.24, 2.45) is 0 Å². The standard InChI is InChI=1S/C22H29N3OS/c1-18-8-9-21(26-2)20(16-18)17-24-12-14-25(15-13-24)22(27)23-11-10-19-6-4-3-5-7-19/h3-9,16H,10-15,17H2,1-2H3,(H,23,27)/p+1. The van der Waals surface area contributed by atoms with E-state index in [1.807, 2.05) is 0 Å². The first-order valence-corrected chi connectivity index (χ1v) is 10.1. The molecule has 5 heteroatoms. The number of methoxy groups -OCH3 is 1. The zero-order chi connectivity index (χ0) is 19.1. The minimum atomic E-state index is 0.885. The predicted molar refractivity (Wildman–Crippen MR) is 114 cm³/mol. The number of hydrogen-bond acceptors (Lipinski definition) is 2. The molecule has 0 saturated carbocycles. The summed E-state index contributed by atoms with van der Waals surface area (Å²) in [6.07, 6.45) is 0.999. The number of ether oxygens (including phenoxy) is 1. The zero-order valence-electron chi connectivity index (χ0n) is 16.3. The van der Waals surface area contributed by atoms with Crippen molar-refractivity contribution >= 4 is 17.3 Å². The number of piperazine rings is 1. The van der Waals surface area contributed by atoms with Gasteiger partial charge < -0.3 is 19.9 Å². The Kier molecular flexibility index (Phi) is 7.07. The van der Waals surface area contributed by atoms with E-state index in [-0.39, 0.29) is 0 Å². The lowest BCUT2D eigenvalue weighted by Gasteiger charge is -2.34. The second-order valence-electron chi connectivity index (χ2n) is 7.20. The molecular formula is C22H30N3OS+. The van der Waals surface area contributed by atoms with E-state index in [1.54, 1.807) is 12.0 Å². The minimum absolute atomic E-state index is 0.885. The number of quaternary nitrogens is 1. The molecule has 0 radical (unpaired) electrons. The van der Waals surface area contributed by atoms with Crippen LogP contribution in [0.15, 0.2) is 48.5 Å². The fourth-order valence-electron chi connectivity index (χ4n) is 3.59. The molecule has 2 aromatic rings. The highest BCUT2D eigenvalue weighted by molar-refractivity contribution is 7.80. The minimum Gasteiger partial charge on any atom is -0.496 e. The van der Waals surface area contributed by atoms with Gasteiger partial charge in [0.05, 0.1) is 33.3 Å². The summed E-state index contributed by atoms with van der Waals surface area (Å²) < 4.78 is 5.53. The number of nitrogens with zero attached hydrogens (tertiary/aromatic N) is 1. The van der Waals surface area contributed by atoms with Crippen molar-refractivity contribution in [1.82, 2.24) is 10.2 Å². The lowest BCUT2D eigenvalue weighted by molar-refractivity contribution is -0.917. The molecule has 0 spiro atoms. The number of thiocarbonyl (C=S) groups is 1. The van der Waals surface area contributed by atoms with Crippen LogP contribution in [-0.2, 0) is 13.0 Å². The fourth-order valence-corrected chi connectivity index (χ4v) is 3.87. The second-order valence-corrected chi connectivity index (χ2v) is 7.58. The largest absolute Gasteiger partial charge is 0.496 e. The van der Waals surface area contributed by atoms with Gasteiger partial charge in [0.2, 0.25) is 0 Å². The average Bonchev–Trinajstić information content (AvgIpc) is 2.69. The number of rotatable bonds is 6. The van der Waals surface area contributed by atoms with Gasteiger partial charge in [-0.2, -0.15) is 0 Å². The number of hydrogen-bond donors (Lipinski definition) is 2. The highest BCUT2D eigenvalue weighted by Gasteiger charge is 2.22. The van der Waals surface area contributed by atoms with Crippen molar-refractivity contribution in [3.8, 4) is 5.75 Å². The first-order chi connectivity index (χ1) is 13.2. The molecule has 3 rings (SSSR count). The van der Waals surface area contributed by atoms with Crippen molar-refractivity contribution in [2.45, 2.75) is 19.9 Å². The van der Waals surface area contributed by atoms with E-state index in [0.29, 0.717) is 0 Å². The molecule has 2 aromatic carbocycles. The Hall–Kier alpha value is -2.11. The van der Waals surface area contributed by atoms with Crippen molar-refractivity contribution in [2.75, 3.05) is 39.8 Å². The van der Waals surface area contributed by atoms with Crippen LogP contribution < -0.4 is 15.0 Å². The van der Waals surface area contributed by atoms with Gasteiger partial charge in [0.1, 0.15) is 12.3 Å². The lowest BCUT2D eigenvalue weighted by atomic mass is 10.1. The van der Waals surface area contributed by atoms with E-state index in [1.165, 1.54) is 16.7 Å². The molecule has 4 nitrogen and oxygen atoms in total. The summed E-state index contributed by atoms with van der Waals surface area (Å²) in [5, 5.41) is 4.31. The van der Waals surface area contributed by atoms with Crippen molar-refractivity contribution in [3.63, 3.8) is 0 Å². The molecule has 0 bridgehead atoms. The van der Waals surface area contributed by atoms with Crippen molar-refractivity contribution < 1.29 is 9.64 Å². The third-order valence-electron chi connectivity index (χ3n) is 5.17. The molecule has 27 heavy (non-hydrogen) atoms. The molecule has 1 aliphatic heterocycles. The molecule has 144 valence electrons. The van der Waals surface area contributed by atoms with Crippen LogP contribution in [0.2, 0.25) is 0 Å². The molecule has 0 atom stereocenters. The second kappa shape index (κ2) is 9.72. The molecular weight excluding hydrogens is 354 g/mol. The van der Waals surface area contributed by atoms with E-state index in [4.69, 9.17) is 17.0 Å². The first kappa shape index (κ1) is 19.6. The van der Waals surface area contributed by atoms with Gasteiger partial charge in [0.25, 0.3) is 0 Å². The topological polar surface area (TPSA) is 28.9 Å². The Morgan fingerprint density at radius 3 is 2.59 bits per heavy atom. The van der Waals surface area contributed by atoms with Gasteiger partial charge in [-0.3, -0.25) is 0 Å². The van der Waals surface area contributed by atoms with E-state index in [9.17, 15) is 0 Å². The van der Waals surface area contributed by atoms with E-state index in [2.05, 4.69) is 65.7 Å². The summed E-state index contributed by atoms with van der Waals surface area (Å²) in [5.41, 5.74) is 3.92. The molecule has 0 aromatic heterocycles. The van der Waals surface area contributed by atoms with Crippen LogP contribution in [0.5, 0.6) is 5.75 Å². The van der Waals surface area contributed by atoms with Gasteiger partial charge in [-0.25, -0.2) is 0 Å². The van der Waals surface area contributed by atoms with Crippen LogP contribution in [0, 0.1) is 6.92 Å². The summed E-state index contributed by atoms with van der Waals surface area (Å²) in [6.45, 7) is 8.22. The highest BCUT2D eigenvalue weighted by atomic mass is 32.1. The average molecular weight is 385 g/mol. The maximum Gasteiger partial charge on any atom is 0.169 e. The van der Waals surface area contributed by atoms with Crippen LogP contribution >= 0.6 is 12.2 Å². The van der Waals surface area contributed by atoms with Gasteiger partial charge in [-0.1, -0.05) is 42.0 Å². The Morgan fingerprint density at radius 1 is 1.15 bits per heavy atom. The molecule has 1 aliphatic rings. The van der Waals surface area contributed by atoms with Crippen LogP contribution in [0.25, 0.3) is 0 Å². The first-order valence-electron chi connectivity index (χ1n) is 9.69. The summed E-state index contributed by atoms with van der Waals surface area (Å²) >= 11 is 5.60. The zero-order valence-corrected chi connectivity index (χ0v) is 17.1. The van der Waals surface area contributed by atoms with Gasteiger partial charge in [-0.15, -0.1) is 0 Å². The molecule has 0 aliphatic carbocycles.